The van der Waals surface area contributed by atoms with Gasteiger partial charge in [0, 0.05) is 11.6 Å². The van der Waals surface area contributed by atoms with Crippen LogP contribution in [0.15, 0.2) is 24.3 Å². The minimum Gasteiger partial charge on any atom is -0.542 e. The van der Waals surface area contributed by atoms with Gasteiger partial charge in [-0.25, -0.2) is 4.79 Å². The summed E-state index contributed by atoms with van der Waals surface area (Å²) in [6, 6.07) is 7.74. The van der Waals surface area contributed by atoms with Crippen LogP contribution >= 0.6 is 11.6 Å². The van der Waals surface area contributed by atoms with Crippen molar-refractivity contribution in [3.8, 4) is 0 Å². The van der Waals surface area contributed by atoms with Gasteiger partial charge in [-0.3, -0.25) is 4.79 Å². The molecule has 1 amide bonds. The minimum atomic E-state index is -5.19. The van der Waals surface area contributed by atoms with E-state index >= 15 is 0 Å². The highest BCUT2D eigenvalue weighted by Gasteiger charge is 2.38. The number of aliphatic carboxylic acids is 2. The lowest BCUT2D eigenvalue weighted by Crippen LogP contribution is -2.58. The summed E-state index contributed by atoms with van der Waals surface area (Å²) in [5.41, 5.74) is 7.06. The zero-order valence-electron chi connectivity index (χ0n) is 17.9. The largest absolute Gasteiger partial charge is 0.542 e. The maximum atomic E-state index is 12.1. The first-order valence-electron chi connectivity index (χ1n) is 9.54. The fourth-order valence-electron chi connectivity index (χ4n) is 2.83. The van der Waals surface area contributed by atoms with Gasteiger partial charge >= 0.3 is 18.3 Å². The molecule has 1 aromatic rings. The Morgan fingerprint density at radius 1 is 1.15 bits per heavy atom. The molecule has 1 saturated heterocycles. The van der Waals surface area contributed by atoms with E-state index in [1.165, 1.54) is 0 Å². The topological polar surface area (TPSA) is 133 Å². The highest BCUT2D eigenvalue weighted by molar-refractivity contribution is 6.30. The first-order valence-corrected chi connectivity index (χ1v) is 9.92. The Bertz CT molecular complexity index is 796. The number of carbonyl (C=O) groups excluding carboxylic acids is 2. The number of likely N-dealkylation sites (tertiary alicyclic amines) is 1. The zero-order chi connectivity index (χ0) is 26.7. The second kappa shape index (κ2) is 13.3. The molecule has 0 bridgehead atoms. The van der Waals surface area contributed by atoms with Crippen molar-refractivity contribution in [2.24, 2.45) is 5.73 Å². The van der Waals surface area contributed by atoms with Gasteiger partial charge in [0.1, 0.15) is 5.97 Å². The Morgan fingerprint density at radius 3 is 2.00 bits per heavy atom. The van der Waals surface area contributed by atoms with Crippen molar-refractivity contribution in [2.45, 2.75) is 37.8 Å². The van der Waals surface area contributed by atoms with Crippen molar-refractivity contribution in [3.05, 3.63) is 34.9 Å². The lowest BCUT2D eigenvalue weighted by Gasteiger charge is -2.39. The van der Waals surface area contributed by atoms with Crippen molar-refractivity contribution in [1.82, 2.24) is 5.32 Å². The van der Waals surface area contributed by atoms with Gasteiger partial charge in [-0.05, 0) is 30.5 Å². The molecule has 0 radical (unpaired) electrons. The van der Waals surface area contributed by atoms with E-state index in [0.29, 0.717) is 18.1 Å². The van der Waals surface area contributed by atoms with Crippen LogP contribution in [0.3, 0.4) is 0 Å². The number of hydrogen-bond acceptors (Lipinski definition) is 5. The quantitative estimate of drug-likeness (QED) is 0.404. The Kier molecular flexibility index (Phi) is 12.3. The van der Waals surface area contributed by atoms with Crippen molar-refractivity contribution >= 4 is 29.4 Å². The number of carbonyl (C=O) groups is 3. The van der Waals surface area contributed by atoms with Gasteiger partial charge in [0.15, 0.2) is 6.54 Å². The second-order valence-electron chi connectivity index (χ2n) is 7.58. The molecule has 2 rings (SSSR count). The first-order chi connectivity index (χ1) is 15.4. The molecule has 1 unspecified atom stereocenters. The van der Waals surface area contributed by atoms with Crippen LogP contribution in [-0.4, -0.2) is 72.5 Å². The average Bonchev–Trinajstić information content (AvgIpc) is 2.66. The number of carboxylic acid groups (broad SMARTS) is 2. The lowest BCUT2D eigenvalue weighted by molar-refractivity contribution is -0.907. The number of likely N-dealkylation sites (N-methyl/N-ethyl adjacent to an activating group) is 1. The molecule has 0 aromatic heterocycles. The number of amides is 1. The number of quaternary nitrogens is 1. The zero-order valence-corrected chi connectivity index (χ0v) is 18.6. The summed E-state index contributed by atoms with van der Waals surface area (Å²) in [6.07, 6.45) is -8.11. The second-order valence-corrected chi connectivity index (χ2v) is 8.01. The number of rotatable bonds is 4. The number of alkyl halides is 6. The predicted molar refractivity (Wildman–Crippen MR) is 106 cm³/mol. The van der Waals surface area contributed by atoms with Crippen molar-refractivity contribution in [2.75, 3.05) is 26.7 Å². The number of carboxylic acids is 2. The smallest absolute Gasteiger partial charge is 0.490 e. The number of nitrogens with one attached hydrogen (secondary N) is 1. The minimum absolute atomic E-state index is 0.0801. The molecule has 0 aliphatic carbocycles. The number of nitrogens with two attached hydrogens (primary N) is 1. The molecule has 2 atom stereocenters. The maximum absolute atomic E-state index is 12.1. The van der Waals surface area contributed by atoms with Crippen LogP contribution in [0.5, 0.6) is 0 Å². The van der Waals surface area contributed by atoms with Crippen LogP contribution in [0, 0.1) is 0 Å². The van der Waals surface area contributed by atoms with E-state index in [1.54, 1.807) is 0 Å². The van der Waals surface area contributed by atoms with E-state index in [2.05, 4.69) is 12.4 Å². The highest BCUT2D eigenvalue weighted by Crippen LogP contribution is 2.15. The summed E-state index contributed by atoms with van der Waals surface area (Å²) >= 11 is 5.83. The van der Waals surface area contributed by atoms with Crippen LogP contribution in [0.25, 0.3) is 0 Å². The van der Waals surface area contributed by atoms with E-state index in [4.69, 9.17) is 37.1 Å². The molecule has 1 aliphatic rings. The molecule has 1 aromatic carbocycles. The van der Waals surface area contributed by atoms with Gasteiger partial charge in [-0.1, -0.05) is 23.7 Å². The number of nitrogens with zero attached hydrogens (tertiary/aromatic N) is 1. The number of hydrogen-bond donors (Lipinski definition) is 3. The Labute approximate surface area is 195 Å². The average molecular weight is 524 g/mol. The molecule has 194 valence electrons. The molecule has 15 heteroatoms. The molecule has 34 heavy (non-hydrogen) atoms. The molecule has 1 heterocycles. The standard InChI is InChI=1S/C15H22ClN3O.2C2HF3O2/c1-19(8-2-3-14(17)10-19)11-15(20)18-9-12-4-6-13(16)7-5-12;2*3-2(4,5)1(6)7/h4-7,14H,2-3,8-11,17H2,1H3;2*(H,6,7)/t14-,19?;;/m1../s1. The van der Waals surface area contributed by atoms with E-state index in [9.17, 15) is 31.1 Å². The van der Waals surface area contributed by atoms with Crippen LogP contribution in [-0.2, 0) is 20.9 Å². The summed E-state index contributed by atoms with van der Waals surface area (Å²) in [5, 5.41) is 19.6. The van der Waals surface area contributed by atoms with Gasteiger partial charge in [-0.15, -0.1) is 0 Å². The molecule has 8 nitrogen and oxygen atoms in total. The molecule has 1 aliphatic heterocycles. The monoisotopic (exact) mass is 523 g/mol. The summed E-state index contributed by atoms with van der Waals surface area (Å²) < 4.78 is 64.0. The molecular weight excluding hydrogens is 500 g/mol. The third kappa shape index (κ3) is 13.9. The van der Waals surface area contributed by atoms with E-state index < -0.39 is 24.3 Å². The number of benzene rings is 1. The third-order valence-electron chi connectivity index (χ3n) is 4.35. The summed E-state index contributed by atoms with van der Waals surface area (Å²) in [5.74, 6) is -5.68. The number of halogens is 7. The van der Waals surface area contributed by atoms with Crippen LogP contribution in [0.1, 0.15) is 18.4 Å². The van der Waals surface area contributed by atoms with Gasteiger partial charge in [0.2, 0.25) is 0 Å². The maximum Gasteiger partial charge on any atom is 0.490 e. The first kappa shape index (κ1) is 31.4. The SMILES string of the molecule is C[N+]1(CC(=O)NCc2ccc(Cl)cc2)CCC[C@@H](N)C1.O=C(O)C(F)(F)F.O=C([O-])C(F)(F)F. The Morgan fingerprint density at radius 2 is 1.62 bits per heavy atom. The van der Waals surface area contributed by atoms with Crippen LogP contribution in [0.2, 0.25) is 5.02 Å². The van der Waals surface area contributed by atoms with Crippen molar-refractivity contribution in [3.63, 3.8) is 0 Å². The summed E-state index contributed by atoms with van der Waals surface area (Å²) in [6.45, 7) is 2.96. The van der Waals surface area contributed by atoms with E-state index in [1.807, 2.05) is 24.3 Å². The summed E-state index contributed by atoms with van der Waals surface area (Å²) in [7, 11) is 2.11. The van der Waals surface area contributed by atoms with Crippen LogP contribution < -0.4 is 16.2 Å². The molecule has 4 N–H and O–H groups in total. The molecular formula is C19H24ClF6N3O5. The lowest BCUT2D eigenvalue weighted by atomic mass is 10.0. The Balaban J connectivity index is 0.000000642. The normalized spacial score (nSPS) is 20.1. The summed E-state index contributed by atoms with van der Waals surface area (Å²) in [4.78, 5) is 29.8. The van der Waals surface area contributed by atoms with Crippen LogP contribution in [0.4, 0.5) is 26.3 Å². The fourth-order valence-corrected chi connectivity index (χ4v) is 2.96. The molecule has 0 saturated carbocycles. The molecule has 0 spiro atoms. The van der Waals surface area contributed by atoms with E-state index in [-0.39, 0.29) is 11.9 Å². The fraction of sp³-hybridized carbons (Fsp3) is 0.526. The Hall–Kier alpha value is -2.58. The number of piperidine rings is 1. The van der Waals surface area contributed by atoms with Gasteiger partial charge in [0.25, 0.3) is 5.91 Å². The van der Waals surface area contributed by atoms with Gasteiger partial charge in [0.05, 0.1) is 26.2 Å². The predicted octanol–water partition coefficient (Wildman–Crippen LogP) is 1.46. The van der Waals surface area contributed by atoms with Crippen molar-refractivity contribution in [1.29, 1.82) is 0 Å². The van der Waals surface area contributed by atoms with Gasteiger partial charge in [-0.2, -0.15) is 26.3 Å². The third-order valence-corrected chi connectivity index (χ3v) is 4.60. The van der Waals surface area contributed by atoms with Crippen molar-refractivity contribution < 1.29 is 55.4 Å². The van der Waals surface area contributed by atoms with E-state index in [0.717, 1.165) is 36.0 Å². The molecule has 1 fully saturated rings. The van der Waals surface area contributed by atoms with Gasteiger partial charge < -0.3 is 30.5 Å². The highest BCUT2D eigenvalue weighted by atomic mass is 35.5.